The second-order valence-corrected chi connectivity index (χ2v) is 3.07. The van der Waals surface area contributed by atoms with Crippen molar-refractivity contribution in [2.75, 3.05) is 0 Å². The minimum absolute atomic E-state index is 1.07. The number of rotatable bonds is 2. The second-order valence-electron chi connectivity index (χ2n) is 3.07. The first-order valence-corrected chi connectivity index (χ1v) is 4.53. The summed E-state index contributed by atoms with van der Waals surface area (Å²) in [5, 5.41) is 0. The molecule has 0 aliphatic heterocycles. The molecule has 0 N–H and O–H groups in total. The zero-order chi connectivity index (χ0) is 8.81. The summed E-state index contributed by atoms with van der Waals surface area (Å²) in [6.07, 6.45) is 15.2. The molecule has 1 rings (SSSR count). The van der Waals surface area contributed by atoms with Gasteiger partial charge < -0.3 is 0 Å². The highest BCUT2D eigenvalue weighted by molar-refractivity contribution is 5.34. The molecule has 0 heteroatoms. The summed E-state index contributed by atoms with van der Waals surface area (Å²) < 4.78 is 0. The van der Waals surface area contributed by atoms with Crippen LogP contribution in [0.1, 0.15) is 26.7 Å². The Bertz CT molecular complexity index is 249. The molecule has 0 bridgehead atoms. The first-order chi connectivity index (χ1) is 5.83. The van der Waals surface area contributed by atoms with Crippen LogP contribution in [-0.4, -0.2) is 0 Å². The van der Waals surface area contributed by atoms with E-state index >= 15 is 0 Å². The zero-order valence-corrected chi connectivity index (χ0v) is 7.88. The number of hydrogen-bond acceptors (Lipinski definition) is 0. The lowest BCUT2D eigenvalue weighted by molar-refractivity contribution is 1.18. The molecule has 0 heterocycles. The average Bonchev–Trinajstić information content (AvgIpc) is 2.06. The Hall–Kier alpha value is -1.04. The van der Waals surface area contributed by atoms with Gasteiger partial charge in [-0.05, 0) is 25.3 Å². The lowest BCUT2D eigenvalue weighted by Gasteiger charge is -2.01. The lowest BCUT2D eigenvalue weighted by atomic mass is 10.0. The summed E-state index contributed by atoms with van der Waals surface area (Å²) in [6.45, 7) is 4.32. The van der Waals surface area contributed by atoms with E-state index in [1.54, 1.807) is 0 Å². The molecule has 0 spiro atoms. The Balaban J connectivity index is 2.63. The van der Waals surface area contributed by atoms with Gasteiger partial charge in [-0.15, -0.1) is 0 Å². The highest BCUT2D eigenvalue weighted by Gasteiger charge is 1.92. The van der Waals surface area contributed by atoms with Gasteiger partial charge in [0.25, 0.3) is 0 Å². The molecule has 0 amide bonds. The van der Waals surface area contributed by atoms with Crippen LogP contribution in [0.15, 0.2) is 47.6 Å². The van der Waals surface area contributed by atoms with Gasteiger partial charge in [-0.3, -0.25) is 0 Å². The molecule has 0 unspecified atom stereocenters. The maximum Gasteiger partial charge on any atom is -0.00942 e. The number of hydrogen-bond donors (Lipinski definition) is 0. The Kier molecular flexibility index (Phi) is 3.59. The van der Waals surface area contributed by atoms with Crippen molar-refractivity contribution in [3.8, 4) is 0 Å². The van der Waals surface area contributed by atoms with Crippen LogP contribution >= 0.6 is 0 Å². The van der Waals surface area contributed by atoms with Gasteiger partial charge in [-0.1, -0.05) is 49.0 Å². The van der Waals surface area contributed by atoms with E-state index in [1.165, 1.54) is 11.1 Å². The van der Waals surface area contributed by atoms with Crippen molar-refractivity contribution in [3.63, 3.8) is 0 Å². The van der Waals surface area contributed by atoms with Gasteiger partial charge in [0.2, 0.25) is 0 Å². The Morgan fingerprint density at radius 1 is 1.50 bits per heavy atom. The van der Waals surface area contributed by atoms with Gasteiger partial charge in [0.1, 0.15) is 0 Å². The van der Waals surface area contributed by atoms with Gasteiger partial charge >= 0.3 is 0 Å². The van der Waals surface area contributed by atoms with Crippen molar-refractivity contribution in [1.29, 1.82) is 0 Å². The van der Waals surface area contributed by atoms with Crippen molar-refractivity contribution >= 4 is 0 Å². The maximum absolute atomic E-state index is 2.25. The van der Waals surface area contributed by atoms with E-state index in [4.69, 9.17) is 0 Å². The van der Waals surface area contributed by atoms with Crippen molar-refractivity contribution in [2.45, 2.75) is 26.7 Å². The summed E-state index contributed by atoms with van der Waals surface area (Å²) in [7, 11) is 0. The predicted octanol–water partition coefficient (Wildman–Crippen LogP) is 3.79. The minimum atomic E-state index is 1.07. The van der Waals surface area contributed by atoms with E-state index in [9.17, 15) is 0 Å². The molecule has 12 heavy (non-hydrogen) atoms. The largest absolute Gasteiger partial charge is 0.0819 e. The van der Waals surface area contributed by atoms with Crippen molar-refractivity contribution in [3.05, 3.63) is 47.6 Å². The van der Waals surface area contributed by atoms with Gasteiger partial charge in [0.15, 0.2) is 0 Å². The van der Waals surface area contributed by atoms with E-state index in [0.717, 1.165) is 12.8 Å². The summed E-state index contributed by atoms with van der Waals surface area (Å²) in [5.41, 5.74) is 2.77. The van der Waals surface area contributed by atoms with Gasteiger partial charge in [0.05, 0.1) is 0 Å². The number of allylic oxidation sites excluding steroid dienone is 8. The van der Waals surface area contributed by atoms with Crippen LogP contribution in [0, 0.1) is 0 Å². The van der Waals surface area contributed by atoms with Gasteiger partial charge in [-0.25, -0.2) is 0 Å². The fraction of sp³-hybridized carbons (Fsp3) is 0.333. The molecule has 0 radical (unpaired) electrons. The van der Waals surface area contributed by atoms with Crippen LogP contribution < -0.4 is 0 Å². The van der Waals surface area contributed by atoms with E-state index in [1.807, 2.05) is 0 Å². The quantitative estimate of drug-likeness (QED) is 0.576. The minimum Gasteiger partial charge on any atom is -0.0819 e. The van der Waals surface area contributed by atoms with Crippen molar-refractivity contribution < 1.29 is 0 Å². The zero-order valence-electron chi connectivity index (χ0n) is 7.88. The van der Waals surface area contributed by atoms with Crippen LogP contribution in [0.4, 0.5) is 0 Å². The molecule has 0 saturated carbocycles. The van der Waals surface area contributed by atoms with Crippen LogP contribution in [0.2, 0.25) is 0 Å². The monoisotopic (exact) mass is 160 g/mol. The third kappa shape index (κ3) is 2.91. The first-order valence-electron chi connectivity index (χ1n) is 4.53. The van der Waals surface area contributed by atoms with Crippen molar-refractivity contribution in [1.82, 2.24) is 0 Å². The molecule has 0 fully saturated rings. The van der Waals surface area contributed by atoms with E-state index in [-0.39, 0.29) is 0 Å². The van der Waals surface area contributed by atoms with E-state index in [2.05, 4.69) is 50.3 Å². The van der Waals surface area contributed by atoms with Crippen molar-refractivity contribution in [2.24, 2.45) is 0 Å². The Labute approximate surface area is 75.0 Å². The first kappa shape index (κ1) is 9.05. The third-order valence-corrected chi connectivity index (χ3v) is 1.85. The fourth-order valence-electron chi connectivity index (χ4n) is 1.31. The van der Waals surface area contributed by atoms with Gasteiger partial charge in [0, 0.05) is 0 Å². The topological polar surface area (TPSA) is 0 Å². The molecular weight excluding hydrogens is 144 g/mol. The molecule has 1 aliphatic carbocycles. The van der Waals surface area contributed by atoms with Crippen LogP contribution in [0.5, 0.6) is 0 Å². The summed E-state index contributed by atoms with van der Waals surface area (Å²) in [5.74, 6) is 0. The molecule has 0 nitrogen and oxygen atoms in total. The average molecular weight is 160 g/mol. The van der Waals surface area contributed by atoms with Crippen LogP contribution in [-0.2, 0) is 0 Å². The summed E-state index contributed by atoms with van der Waals surface area (Å²) >= 11 is 0. The highest BCUT2D eigenvalue weighted by Crippen LogP contribution is 2.12. The van der Waals surface area contributed by atoms with E-state index < -0.39 is 0 Å². The Morgan fingerprint density at radius 3 is 2.92 bits per heavy atom. The molecule has 0 aromatic heterocycles. The fourth-order valence-corrected chi connectivity index (χ4v) is 1.31. The SMILES string of the molecule is CC/C=C(C)\C=C1\C=CC=CC1. The molecule has 0 atom stereocenters. The normalized spacial score (nSPS) is 20.5. The molecule has 0 aromatic carbocycles. The smallest absolute Gasteiger partial charge is 0.00942 e. The molecular formula is C12H16. The molecule has 1 aliphatic rings. The maximum atomic E-state index is 2.25. The third-order valence-electron chi connectivity index (χ3n) is 1.85. The predicted molar refractivity (Wildman–Crippen MR) is 55.0 cm³/mol. The molecule has 0 saturated heterocycles. The highest BCUT2D eigenvalue weighted by atomic mass is 14.0. The second kappa shape index (κ2) is 4.76. The molecule has 64 valence electrons. The molecule has 0 aromatic rings. The Morgan fingerprint density at radius 2 is 2.33 bits per heavy atom. The lowest BCUT2D eigenvalue weighted by Crippen LogP contribution is -1.81. The standard InChI is InChI=1S/C12H16/c1-3-7-11(2)10-12-8-5-4-6-9-12/h4-8,10H,3,9H2,1-2H3/b11-7-,12-10-. The van der Waals surface area contributed by atoms with Gasteiger partial charge in [-0.2, -0.15) is 0 Å². The van der Waals surface area contributed by atoms with E-state index in [0.29, 0.717) is 0 Å². The van der Waals surface area contributed by atoms with Crippen LogP contribution in [0.3, 0.4) is 0 Å². The summed E-state index contributed by atoms with van der Waals surface area (Å²) in [4.78, 5) is 0. The van der Waals surface area contributed by atoms with Crippen LogP contribution in [0.25, 0.3) is 0 Å². The summed E-state index contributed by atoms with van der Waals surface area (Å²) in [6, 6.07) is 0.